The van der Waals surface area contributed by atoms with Gasteiger partial charge in [0.1, 0.15) is 5.76 Å². The van der Waals surface area contributed by atoms with Crippen LogP contribution in [-0.4, -0.2) is 6.61 Å². The Kier molecular flexibility index (Phi) is 4.45. The van der Waals surface area contributed by atoms with Crippen molar-refractivity contribution >= 4 is 33.2 Å². The molecule has 1 heterocycles. The largest absolute Gasteiger partial charge is 0.491 e. The lowest BCUT2D eigenvalue weighted by Crippen LogP contribution is -2.16. The van der Waals surface area contributed by atoms with Crippen LogP contribution in [0.2, 0.25) is 5.02 Å². The zero-order valence-electron chi connectivity index (χ0n) is 11.8. The molecule has 0 fully saturated rings. The van der Waals surface area contributed by atoms with Gasteiger partial charge < -0.3 is 14.5 Å². The summed E-state index contributed by atoms with van der Waals surface area (Å²) < 4.78 is 12.1. The van der Waals surface area contributed by atoms with Crippen LogP contribution < -0.4 is 10.1 Å². The molecule has 1 aliphatic carbocycles. The predicted octanol–water partition coefficient (Wildman–Crippen LogP) is 5.58. The smallest absolute Gasteiger partial charge is 0.156 e. The van der Waals surface area contributed by atoms with Crippen molar-refractivity contribution in [2.24, 2.45) is 0 Å². The maximum Gasteiger partial charge on any atom is 0.156 e. The van der Waals surface area contributed by atoms with Gasteiger partial charge in [-0.2, -0.15) is 0 Å². The number of hydrogen-bond donors (Lipinski definition) is 1. The monoisotopic (exact) mass is 369 g/mol. The molecule has 3 nitrogen and oxygen atoms in total. The summed E-state index contributed by atoms with van der Waals surface area (Å²) in [5.74, 6) is 1.88. The van der Waals surface area contributed by atoms with Gasteiger partial charge in [-0.15, -0.1) is 0 Å². The second-order valence-corrected chi connectivity index (χ2v) is 6.38. The van der Waals surface area contributed by atoms with E-state index >= 15 is 0 Å². The summed E-state index contributed by atoms with van der Waals surface area (Å²) >= 11 is 9.70. The van der Waals surface area contributed by atoms with Gasteiger partial charge in [0.05, 0.1) is 29.1 Å². The van der Waals surface area contributed by atoms with E-state index in [1.807, 2.05) is 25.1 Å². The molecule has 5 heteroatoms. The van der Waals surface area contributed by atoms with Gasteiger partial charge >= 0.3 is 0 Å². The first-order valence-corrected chi connectivity index (χ1v) is 8.30. The number of ether oxygens (including phenoxy) is 1. The van der Waals surface area contributed by atoms with E-state index in [9.17, 15) is 0 Å². The highest BCUT2D eigenvalue weighted by Crippen LogP contribution is 2.40. The Morgan fingerprint density at radius 3 is 3.14 bits per heavy atom. The van der Waals surface area contributed by atoms with Gasteiger partial charge in [0.25, 0.3) is 0 Å². The molecule has 0 bridgehead atoms. The molecule has 0 saturated carbocycles. The summed E-state index contributed by atoms with van der Waals surface area (Å²) in [6, 6.07) is 6.04. The Bertz CT molecular complexity index is 641. The van der Waals surface area contributed by atoms with Gasteiger partial charge in [-0.05, 0) is 53.9 Å². The minimum Gasteiger partial charge on any atom is -0.491 e. The third kappa shape index (κ3) is 3.06. The molecule has 0 spiro atoms. The third-order valence-electron chi connectivity index (χ3n) is 3.68. The van der Waals surface area contributed by atoms with E-state index in [-0.39, 0.29) is 6.04 Å². The minimum absolute atomic E-state index is 0.233. The second-order valence-electron chi connectivity index (χ2n) is 5.09. The number of hydrogen-bond acceptors (Lipinski definition) is 3. The van der Waals surface area contributed by atoms with Crippen LogP contribution in [0.5, 0.6) is 5.75 Å². The zero-order chi connectivity index (χ0) is 14.8. The maximum atomic E-state index is 6.17. The lowest BCUT2D eigenvalue weighted by Gasteiger charge is -2.25. The van der Waals surface area contributed by atoms with Crippen molar-refractivity contribution in [3.05, 3.63) is 45.3 Å². The zero-order valence-corrected chi connectivity index (χ0v) is 14.1. The highest BCUT2D eigenvalue weighted by atomic mass is 79.9. The van der Waals surface area contributed by atoms with Crippen LogP contribution in [0.4, 0.5) is 5.69 Å². The molecule has 1 aliphatic rings. The fourth-order valence-electron chi connectivity index (χ4n) is 2.78. The van der Waals surface area contributed by atoms with Crippen LogP contribution in [0.15, 0.2) is 33.4 Å². The number of nitrogens with one attached hydrogen (secondary N) is 1. The molecule has 1 aromatic heterocycles. The highest BCUT2D eigenvalue weighted by molar-refractivity contribution is 9.10. The molecular formula is C16H17BrClNO2. The van der Waals surface area contributed by atoms with Crippen LogP contribution in [0.1, 0.15) is 37.1 Å². The fraction of sp³-hybridized carbons (Fsp3) is 0.375. The fourth-order valence-corrected chi connectivity index (χ4v) is 3.71. The molecule has 0 radical (unpaired) electrons. The summed E-state index contributed by atoms with van der Waals surface area (Å²) in [5.41, 5.74) is 2.15. The van der Waals surface area contributed by atoms with Crippen molar-refractivity contribution in [1.82, 2.24) is 0 Å². The van der Waals surface area contributed by atoms with Crippen LogP contribution in [0.25, 0.3) is 0 Å². The average molecular weight is 371 g/mol. The first-order chi connectivity index (χ1) is 10.2. The molecule has 3 rings (SSSR count). The Balaban J connectivity index is 1.92. The lowest BCUT2D eigenvalue weighted by molar-refractivity contribution is 0.339. The van der Waals surface area contributed by atoms with Crippen molar-refractivity contribution in [3.8, 4) is 5.75 Å². The van der Waals surface area contributed by atoms with Gasteiger partial charge in [0.15, 0.2) is 5.75 Å². The number of fused-ring (bicyclic) bond motifs is 1. The average Bonchev–Trinajstić information content (AvgIpc) is 2.92. The molecule has 0 saturated heterocycles. The molecule has 1 atom stereocenters. The molecule has 112 valence electrons. The molecule has 1 aromatic carbocycles. The molecular weight excluding hydrogens is 354 g/mol. The van der Waals surface area contributed by atoms with Gasteiger partial charge in [-0.3, -0.25) is 0 Å². The van der Waals surface area contributed by atoms with E-state index in [1.54, 1.807) is 6.26 Å². The predicted molar refractivity (Wildman–Crippen MR) is 88.3 cm³/mol. The number of aryl methyl sites for hydroxylation is 1. The summed E-state index contributed by atoms with van der Waals surface area (Å²) in [6.07, 6.45) is 4.96. The molecule has 0 aliphatic heterocycles. The number of anilines is 1. The number of rotatable bonds is 4. The molecule has 1 unspecified atom stereocenters. The summed E-state index contributed by atoms with van der Waals surface area (Å²) in [4.78, 5) is 0. The van der Waals surface area contributed by atoms with Gasteiger partial charge in [-0.1, -0.05) is 11.6 Å². The minimum atomic E-state index is 0.233. The summed E-state index contributed by atoms with van der Waals surface area (Å²) in [6.45, 7) is 2.58. The topological polar surface area (TPSA) is 34.4 Å². The molecule has 0 amide bonds. The van der Waals surface area contributed by atoms with Gasteiger partial charge in [0.2, 0.25) is 0 Å². The van der Waals surface area contributed by atoms with Crippen molar-refractivity contribution in [3.63, 3.8) is 0 Å². The van der Waals surface area contributed by atoms with Crippen molar-refractivity contribution in [1.29, 1.82) is 0 Å². The lowest BCUT2D eigenvalue weighted by atomic mass is 9.93. The van der Waals surface area contributed by atoms with Crippen LogP contribution in [0, 0.1) is 0 Å². The van der Waals surface area contributed by atoms with Crippen LogP contribution in [0.3, 0.4) is 0 Å². The van der Waals surface area contributed by atoms with Gasteiger partial charge in [0, 0.05) is 17.0 Å². The second kappa shape index (κ2) is 6.32. The van der Waals surface area contributed by atoms with E-state index in [1.165, 1.54) is 5.56 Å². The van der Waals surface area contributed by atoms with Crippen molar-refractivity contribution < 1.29 is 9.15 Å². The van der Waals surface area contributed by atoms with Crippen LogP contribution in [-0.2, 0) is 6.42 Å². The normalized spacial score (nSPS) is 17.4. The Hall–Kier alpha value is -1.13. The number of halogens is 2. The maximum absolute atomic E-state index is 6.17. The first kappa shape index (κ1) is 14.8. The Labute approximate surface area is 137 Å². The van der Waals surface area contributed by atoms with Crippen molar-refractivity contribution in [2.45, 2.75) is 32.2 Å². The van der Waals surface area contributed by atoms with E-state index < -0.39 is 0 Å². The first-order valence-electron chi connectivity index (χ1n) is 7.13. The number of furan rings is 1. The van der Waals surface area contributed by atoms with E-state index in [0.29, 0.717) is 11.6 Å². The van der Waals surface area contributed by atoms with Gasteiger partial charge in [-0.25, -0.2) is 0 Å². The Morgan fingerprint density at radius 1 is 1.48 bits per heavy atom. The Morgan fingerprint density at radius 2 is 2.33 bits per heavy atom. The highest BCUT2D eigenvalue weighted by Gasteiger charge is 2.24. The van der Waals surface area contributed by atoms with Crippen molar-refractivity contribution in [2.75, 3.05) is 11.9 Å². The SMILES string of the molecule is CCOc1c(Br)cc(Cl)cc1NC1CCCc2occc21. The molecule has 1 N–H and O–H groups in total. The number of benzene rings is 1. The molecule has 21 heavy (non-hydrogen) atoms. The van der Waals surface area contributed by atoms with E-state index in [0.717, 1.165) is 40.9 Å². The van der Waals surface area contributed by atoms with E-state index in [4.69, 9.17) is 20.8 Å². The standard InChI is InChI=1S/C16H17BrClNO2/c1-2-20-16-12(17)8-10(18)9-14(16)19-13-4-3-5-15-11(13)6-7-21-15/h6-9,13,19H,2-5H2,1H3. The summed E-state index contributed by atoms with van der Waals surface area (Å²) in [5, 5.41) is 4.24. The summed E-state index contributed by atoms with van der Waals surface area (Å²) in [7, 11) is 0. The third-order valence-corrected chi connectivity index (χ3v) is 4.49. The quantitative estimate of drug-likeness (QED) is 0.762. The van der Waals surface area contributed by atoms with Crippen LogP contribution >= 0.6 is 27.5 Å². The molecule has 2 aromatic rings. The van der Waals surface area contributed by atoms with E-state index in [2.05, 4.69) is 21.2 Å².